The summed E-state index contributed by atoms with van der Waals surface area (Å²) in [6, 6.07) is 10.9. The minimum Gasteiger partial charge on any atom is -0.497 e. The maximum atomic E-state index is 12.3. The number of sulfonamides is 1. The molecule has 3 N–H and O–H groups in total. The highest BCUT2D eigenvalue weighted by atomic mass is 32.2. The molecule has 0 bridgehead atoms. The Morgan fingerprint density at radius 1 is 1.05 bits per heavy atom. The molecule has 0 heterocycles. The van der Waals surface area contributed by atoms with E-state index < -0.39 is 10.0 Å². The van der Waals surface area contributed by atoms with Crippen LogP contribution < -0.4 is 19.9 Å². The molecule has 0 amide bonds. The fraction of sp³-hybridized carbons (Fsp3) is 0.143. The zero-order valence-corrected chi connectivity index (χ0v) is 12.5. The first-order chi connectivity index (χ1) is 9.96. The van der Waals surface area contributed by atoms with Crippen molar-refractivity contribution in [2.24, 2.45) is 0 Å². The third-order valence-corrected chi connectivity index (χ3v) is 4.21. The van der Waals surface area contributed by atoms with Gasteiger partial charge in [0.05, 0.1) is 30.5 Å². The molecule has 0 unspecified atom stereocenters. The highest BCUT2D eigenvalue weighted by Crippen LogP contribution is 2.26. The smallest absolute Gasteiger partial charge is 0.261 e. The highest BCUT2D eigenvalue weighted by Gasteiger charge is 2.16. The Bertz CT molecular complexity index is 744. The van der Waals surface area contributed by atoms with Gasteiger partial charge in [0, 0.05) is 6.07 Å². The SMILES string of the molecule is COc1cccc(NS(=O)(=O)c2ccc(OC)c(N)c2)c1. The van der Waals surface area contributed by atoms with Gasteiger partial charge in [0.25, 0.3) is 10.0 Å². The van der Waals surface area contributed by atoms with Crippen LogP contribution in [0.4, 0.5) is 11.4 Å². The van der Waals surface area contributed by atoms with Gasteiger partial charge in [0.15, 0.2) is 0 Å². The van der Waals surface area contributed by atoms with Gasteiger partial charge >= 0.3 is 0 Å². The molecule has 2 rings (SSSR count). The van der Waals surface area contributed by atoms with E-state index in [1.807, 2.05) is 0 Å². The topological polar surface area (TPSA) is 90.6 Å². The number of nitrogen functional groups attached to an aromatic ring is 1. The van der Waals surface area contributed by atoms with Crippen LogP contribution in [0.25, 0.3) is 0 Å². The number of nitrogens with two attached hydrogens (primary N) is 1. The number of nitrogens with one attached hydrogen (secondary N) is 1. The van der Waals surface area contributed by atoms with Crippen molar-refractivity contribution < 1.29 is 17.9 Å². The largest absolute Gasteiger partial charge is 0.497 e. The van der Waals surface area contributed by atoms with Crippen molar-refractivity contribution in [1.29, 1.82) is 0 Å². The molecule has 6 nitrogen and oxygen atoms in total. The quantitative estimate of drug-likeness (QED) is 0.825. The third kappa shape index (κ3) is 3.38. The predicted molar refractivity (Wildman–Crippen MR) is 81.2 cm³/mol. The minimum absolute atomic E-state index is 0.0589. The molecule has 0 saturated carbocycles. The van der Waals surface area contributed by atoms with Gasteiger partial charge in [-0.3, -0.25) is 4.72 Å². The van der Waals surface area contributed by atoms with Crippen LogP contribution in [0.2, 0.25) is 0 Å². The van der Waals surface area contributed by atoms with E-state index in [0.29, 0.717) is 17.2 Å². The van der Waals surface area contributed by atoms with E-state index in [1.54, 1.807) is 24.3 Å². The number of hydrogen-bond acceptors (Lipinski definition) is 5. The normalized spacial score (nSPS) is 11.0. The van der Waals surface area contributed by atoms with Crippen LogP contribution in [0.15, 0.2) is 47.4 Å². The maximum Gasteiger partial charge on any atom is 0.261 e. The van der Waals surface area contributed by atoms with E-state index in [-0.39, 0.29) is 10.6 Å². The second kappa shape index (κ2) is 5.92. The lowest BCUT2D eigenvalue weighted by Gasteiger charge is -2.11. The molecule has 2 aromatic carbocycles. The van der Waals surface area contributed by atoms with Gasteiger partial charge in [-0.1, -0.05) is 6.07 Å². The van der Waals surface area contributed by atoms with Crippen LogP contribution in [0, 0.1) is 0 Å². The Kier molecular flexibility index (Phi) is 4.23. The number of rotatable bonds is 5. The summed E-state index contributed by atoms with van der Waals surface area (Å²) in [6.07, 6.45) is 0. The molecule has 0 fully saturated rings. The molecule has 0 aliphatic carbocycles. The molecule has 112 valence electrons. The van der Waals surface area contributed by atoms with Crippen molar-refractivity contribution in [1.82, 2.24) is 0 Å². The molecule has 0 radical (unpaired) electrons. The lowest BCUT2D eigenvalue weighted by atomic mass is 10.3. The summed E-state index contributed by atoms with van der Waals surface area (Å²) in [7, 11) is -0.749. The summed E-state index contributed by atoms with van der Waals surface area (Å²) >= 11 is 0. The fourth-order valence-electron chi connectivity index (χ4n) is 1.78. The first-order valence-electron chi connectivity index (χ1n) is 6.06. The van der Waals surface area contributed by atoms with Gasteiger partial charge in [0.2, 0.25) is 0 Å². The highest BCUT2D eigenvalue weighted by molar-refractivity contribution is 7.92. The lowest BCUT2D eigenvalue weighted by Crippen LogP contribution is -2.13. The first kappa shape index (κ1) is 15.0. The van der Waals surface area contributed by atoms with Crippen LogP contribution in [0.3, 0.4) is 0 Å². The molecule has 21 heavy (non-hydrogen) atoms. The number of hydrogen-bond donors (Lipinski definition) is 2. The molecular weight excluding hydrogens is 292 g/mol. The van der Waals surface area contributed by atoms with Gasteiger partial charge in [0.1, 0.15) is 11.5 Å². The summed E-state index contributed by atoms with van der Waals surface area (Å²) in [5, 5.41) is 0. The standard InChI is InChI=1S/C14H16N2O4S/c1-19-11-5-3-4-10(8-11)16-21(17,18)12-6-7-14(20-2)13(15)9-12/h3-9,16H,15H2,1-2H3. The molecule has 0 aromatic heterocycles. The zero-order valence-electron chi connectivity index (χ0n) is 11.7. The molecular formula is C14H16N2O4S. The minimum atomic E-state index is -3.73. The Balaban J connectivity index is 2.31. The average molecular weight is 308 g/mol. The van der Waals surface area contributed by atoms with Gasteiger partial charge in [-0.15, -0.1) is 0 Å². The van der Waals surface area contributed by atoms with Gasteiger partial charge in [-0.05, 0) is 30.3 Å². The lowest BCUT2D eigenvalue weighted by molar-refractivity contribution is 0.415. The summed E-state index contributed by atoms with van der Waals surface area (Å²) in [4.78, 5) is 0.0589. The third-order valence-electron chi connectivity index (χ3n) is 2.83. The van der Waals surface area contributed by atoms with E-state index in [4.69, 9.17) is 15.2 Å². The van der Waals surface area contributed by atoms with Crippen LogP contribution in [0.5, 0.6) is 11.5 Å². The average Bonchev–Trinajstić information content (AvgIpc) is 2.47. The second-order valence-electron chi connectivity index (χ2n) is 4.24. The van der Waals surface area contributed by atoms with Gasteiger partial charge in [-0.25, -0.2) is 8.42 Å². The van der Waals surface area contributed by atoms with Crippen molar-refractivity contribution in [3.05, 3.63) is 42.5 Å². The van der Waals surface area contributed by atoms with Crippen LogP contribution in [-0.2, 0) is 10.0 Å². The molecule has 7 heteroatoms. The van der Waals surface area contributed by atoms with Crippen molar-refractivity contribution in [3.8, 4) is 11.5 Å². The zero-order chi connectivity index (χ0) is 15.5. The van der Waals surface area contributed by atoms with Crippen molar-refractivity contribution in [3.63, 3.8) is 0 Å². The van der Waals surface area contributed by atoms with Crippen molar-refractivity contribution in [2.75, 3.05) is 24.7 Å². The maximum absolute atomic E-state index is 12.3. The first-order valence-corrected chi connectivity index (χ1v) is 7.55. The van der Waals surface area contributed by atoms with Crippen LogP contribution in [-0.4, -0.2) is 22.6 Å². The monoisotopic (exact) mass is 308 g/mol. The van der Waals surface area contributed by atoms with E-state index >= 15 is 0 Å². The summed E-state index contributed by atoms with van der Waals surface area (Å²) in [5.41, 5.74) is 6.39. The Hall–Kier alpha value is -2.41. The molecule has 0 atom stereocenters. The van der Waals surface area contributed by atoms with E-state index in [2.05, 4.69) is 4.72 Å². The van der Waals surface area contributed by atoms with Crippen molar-refractivity contribution >= 4 is 21.4 Å². The molecule has 2 aromatic rings. The number of benzene rings is 2. The van der Waals surface area contributed by atoms with Gasteiger partial charge < -0.3 is 15.2 Å². The van der Waals surface area contributed by atoms with E-state index in [0.717, 1.165) is 0 Å². The molecule has 0 spiro atoms. The van der Waals surface area contributed by atoms with E-state index in [9.17, 15) is 8.42 Å². The van der Waals surface area contributed by atoms with E-state index in [1.165, 1.54) is 32.4 Å². The van der Waals surface area contributed by atoms with Crippen LogP contribution >= 0.6 is 0 Å². The summed E-state index contributed by atoms with van der Waals surface area (Å²) in [6.45, 7) is 0. The van der Waals surface area contributed by atoms with Gasteiger partial charge in [-0.2, -0.15) is 0 Å². The number of ether oxygens (including phenoxy) is 2. The summed E-state index contributed by atoms with van der Waals surface area (Å²) < 4.78 is 37.1. The van der Waals surface area contributed by atoms with Crippen molar-refractivity contribution in [2.45, 2.75) is 4.90 Å². The molecule has 0 saturated heterocycles. The number of anilines is 2. The predicted octanol–water partition coefficient (Wildman–Crippen LogP) is 2.09. The second-order valence-corrected chi connectivity index (χ2v) is 5.92. The fourth-order valence-corrected chi connectivity index (χ4v) is 2.86. The van der Waals surface area contributed by atoms with Crippen LogP contribution in [0.1, 0.15) is 0 Å². The Labute approximate surface area is 123 Å². The Morgan fingerprint density at radius 2 is 1.81 bits per heavy atom. The molecule has 0 aliphatic heterocycles. The Morgan fingerprint density at radius 3 is 2.43 bits per heavy atom. The summed E-state index contributed by atoms with van der Waals surface area (Å²) in [5.74, 6) is 0.986. The molecule has 0 aliphatic rings. The number of methoxy groups -OCH3 is 2.